The largest absolute Gasteiger partial charge is 0.381 e. The number of nitrogens with zero attached hydrogens (tertiary/aromatic N) is 1. The Hall–Kier alpha value is -1.91. The first-order valence-corrected chi connectivity index (χ1v) is 13.1. The second-order valence-corrected chi connectivity index (χ2v) is 11.7. The number of thioether (sulfide) groups is 1. The van der Waals surface area contributed by atoms with Gasteiger partial charge in [0.25, 0.3) is 0 Å². The molecule has 0 spiro atoms. The fourth-order valence-corrected chi connectivity index (χ4v) is 6.17. The molecule has 1 aromatic carbocycles. The number of amides is 2. The number of fused-ring (bicyclic) bond motifs is 1. The van der Waals surface area contributed by atoms with Crippen LogP contribution in [0.1, 0.15) is 40.0 Å². The highest BCUT2D eigenvalue weighted by molar-refractivity contribution is 8.16. The Balaban J connectivity index is 0.00000193. The summed E-state index contributed by atoms with van der Waals surface area (Å²) in [5.41, 5.74) is 0.770. The van der Waals surface area contributed by atoms with Gasteiger partial charge in [-0.2, -0.15) is 0 Å². The highest BCUT2D eigenvalue weighted by atomic mass is 32.2. The van der Waals surface area contributed by atoms with Crippen LogP contribution in [0.3, 0.4) is 0 Å². The van der Waals surface area contributed by atoms with Crippen LogP contribution in [0.4, 0.5) is 0 Å². The lowest BCUT2D eigenvalue weighted by molar-refractivity contribution is -0.122. The maximum absolute atomic E-state index is 13.3. The van der Waals surface area contributed by atoms with Crippen molar-refractivity contribution in [2.45, 2.75) is 47.3 Å². The summed E-state index contributed by atoms with van der Waals surface area (Å²) in [4.78, 5) is 30.2. The van der Waals surface area contributed by atoms with E-state index in [1.54, 1.807) is 31.3 Å². The first-order valence-electron chi connectivity index (χ1n) is 10.4. The monoisotopic (exact) mass is 469 g/mol. The molecule has 3 aliphatic rings. The second kappa shape index (κ2) is 8.55. The lowest BCUT2D eigenvalue weighted by Gasteiger charge is -2.26. The van der Waals surface area contributed by atoms with Crippen LogP contribution in [-0.4, -0.2) is 62.7 Å². The molecule has 0 radical (unpaired) electrons. The summed E-state index contributed by atoms with van der Waals surface area (Å²) < 4.78 is 28.5. The van der Waals surface area contributed by atoms with Crippen molar-refractivity contribution in [3.63, 3.8) is 0 Å². The van der Waals surface area contributed by atoms with Crippen molar-refractivity contribution in [3.8, 4) is 0 Å². The molecule has 1 aromatic rings. The number of ether oxygens (including phenoxy) is 1. The number of hydrogen-bond acceptors (Lipinski definition) is 7. The topological polar surface area (TPSA) is 114 Å². The minimum Gasteiger partial charge on any atom is -0.381 e. The van der Waals surface area contributed by atoms with E-state index in [9.17, 15) is 18.0 Å². The van der Waals surface area contributed by atoms with Gasteiger partial charge in [-0.3, -0.25) is 14.6 Å². The maximum atomic E-state index is 13.3. The van der Waals surface area contributed by atoms with E-state index in [0.29, 0.717) is 37.1 Å². The number of carbonyl (C=O) groups excluding carboxylic acids is 2. The van der Waals surface area contributed by atoms with Crippen LogP contribution in [0.5, 0.6) is 0 Å². The predicted octanol–water partition coefficient (Wildman–Crippen LogP) is 1.96. The third-order valence-corrected chi connectivity index (χ3v) is 8.72. The highest BCUT2D eigenvalue weighted by Gasteiger charge is 2.65. The molecule has 4 rings (SSSR count). The molecule has 1 saturated heterocycles. The van der Waals surface area contributed by atoms with Gasteiger partial charge in [0.05, 0.1) is 16.9 Å². The van der Waals surface area contributed by atoms with Crippen molar-refractivity contribution in [1.82, 2.24) is 10.6 Å². The number of nitrogens with one attached hydrogen (secondary N) is 2. The van der Waals surface area contributed by atoms with Gasteiger partial charge in [0, 0.05) is 29.4 Å². The predicted molar refractivity (Wildman–Crippen MR) is 123 cm³/mol. The molecule has 1 aliphatic carbocycles. The standard InChI is InChI=1S/C21H27N3O5S2.2H2/c1-22-19(26)21-12-17(21)23-20(30-21)24-18(25)16(11-13-7-9-29-10-8-13)14-3-5-15(6-4-14)31(2,27)28;;/h3-6,13,16-17H,7-12H2,1-2H3,(H,22,26)(H,23,24,25);2*1H. The van der Waals surface area contributed by atoms with Crippen molar-refractivity contribution < 1.29 is 25.6 Å². The van der Waals surface area contributed by atoms with Gasteiger partial charge in [-0.15, -0.1) is 0 Å². The van der Waals surface area contributed by atoms with Gasteiger partial charge in [0.1, 0.15) is 4.75 Å². The Morgan fingerprint density at radius 3 is 2.58 bits per heavy atom. The molecule has 3 unspecified atom stereocenters. The zero-order valence-corrected chi connectivity index (χ0v) is 19.2. The smallest absolute Gasteiger partial charge is 0.238 e. The lowest BCUT2D eigenvalue weighted by Crippen LogP contribution is -2.37. The second-order valence-electron chi connectivity index (χ2n) is 8.40. The summed E-state index contributed by atoms with van der Waals surface area (Å²) in [5.74, 6) is -0.334. The van der Waals surface area contributed by atoms with Crippen molar-refractivity contribution in [2.24, 2.45) is 10.9 Å². The van der Waals surface area contributed by atoms with E-state index in [1.165, 1.54) is 11.8 Å². The Morgan fingerprint density at radius 1 is 1.29 bits per heavy atom. The molecule has 172 valence electrons. The molecule has 31 heavy (non-hydrogen) atoms. The molecule has 0 bridgehead atoms. The average Bonchev–Trinajstić information content (AvgIpc) is 3.33. The highest BCUT2D eigenvalue weighted by Crippen LogP contribution is 2.56. The summed E-state index contributed by atoms with van der Waals surface area (Å²) in [6.07, 6.45) is 4.29. The van der Waals surface area contributed by atoms with Crippen molar-refractivity contribution in [3.05, 3.63) is 29.8 Å². The Kier molecular flexibility index (Phi) is 6.15. The molecule has 0 aromatic heterocycles. The summed E-state index contributed by atoms with van der Waals surface area (Å²) in [6.45, 7) is 1.37. The molecule has 2 heterocycles. The molecule has 2 fully saturated rings. The molecule has 2 amide bonds. The van der Waals surface area contributed by atoms with E-state index < -0.39 is 20.5 Å². The van der Waals surface area contributed by atoms with Gasteiger partial charge in [-0.1, -0.05) is 23.9 Å². The van der Waals surface area contributed by atoms with Gasteiger partial charge in [-0.05, 0) is 49.3 Å². The van der Waals surface area contributed by atoms with Crippen molar-refractivity contribution >= 4 is 38.6 Å². The average molecular weight is 470 g/mol. The number of aliphatic imine (C=N–C) groups is 1. The number of benzene rings is 1. The van der Waals surface area contributed by atoms with Gasteiger partial charge >= 0.3 is 0 Å². The Labute approximate surface area is 189 Å². The summed E-state index contributed by atoms with van der Waals surface area (Å²) in [6, 6.07) is 6.44. The van der Waals surface area contributed by atoms with E-state index in [2.05, 4.69) is 15.6 Å². The number of rotatable bonds is 6. The normalized spacial score (nSPS) is 26.5. The first-order chi connectivity index (χ1) is 14.7. The Morgan fingerprint density at radius 2 is 1.97 bits per heavy atom. The van der Waals surface area contributed by atoms with Crippen LogP contribution in [0.2, 0.25) is 0 Å². The molecule has 2 aliphatic heterocycles. The van der Waals surface area contributed by atoms with Gasteiger partial charge in [0.2, 0.25) is 11.8 Å². The van der Waals surface area contributed by atoms with Gasteiger partial charge < -0.3 is 15.4 Å². The zero-order valence-electron chi connectivity index (χ0n) is 17.6. The van der Waals surface area contributed by atoms with Crippen LogP contribution in [0.25, 0.3) is 0 Å². The van der Waals surface area contributed by atoms with Crippen LogP contribution in [-0.2, 0) is 24.2 Å². The molecule has 10 heteroatoms. The molecule has 1 saturated carbocycles. The molecule has 8 nitrogen and oxygen atoms in total. The summed E-state index contributed by atoms with van der Waals surface area (Å²) in [5, 5.41) is 6.08. The fourth-order valence-electron chi connectivity index (χ4n) is 4.24. The maximum Gasteiger partial charge on any atom is 0.238 e. The van der Waals surface area contributed by atoms with Crippen LogP contribution in [0.15, 0.2) is 34.2 Å². The van der Waals surface area contributed by atoms with Gasteiger partial charge in [-0.25, -0.2) is 8.42 Å². The number of sulfone groups is 1. The number of amidine groups is 1. The van der Waals surface area contributed by atoms with Crippen LogP contribution in [0, 0.1) is 5.92 Å². The zero-order chi connectivity index (χ0) is 22.2. The third kappa shape index (κ3) is 4.65. The quantitative estimate of drug-likeness (QED) is 0.658. The van der Waals surface area contributed by atoms with E-state index in [4.69, 9.17) is 4.74 Å². The molecule has 2 N–H and O–H groups in total. The van der Waals surface area contributed by atoms with E-state index in [-0.39, 0.29) is 25.6 Å². The lowest BCUT2D eigenvalue weighted by atomic mass is 9.84. The summed E-state index contributed by atoms with van der Waals surface area (Å²) in [7, 11) is -1.70. The van der Waals surface area contributed by atoms with Crippen LogP contribution >= 0.6 is 11.8 Å². The van der Waals surface area contributed by atoms with Crippen LogP contribution < -0.4 is 10.6 Å². The van der Waals surface area contributed by atoms with Crippen molar-refractivity contribution in [2.75, 3.05) is 26.5 Å². The molecular formula is C21H31N3O5S2. The minimum absolute atomic E-state index is 0. The minimum atomic E-state index is -3.31. The number of hydrogen-bond donors (Lipinski definition) is 2. The van der Waals surface area contributed by atoms with E-state index >= 15 is 0 Å². The van der Waals surface area contributed by atoms with E-state index in [0.717, 1.165) is 24.7 Å². The van der Waals surface area contributed by atoms with Gasteiger partial charge in [0.15, 0.2) is 15.0 Å². The summed E-state index contributed by atoms with van der Waals surface area (Å²) >= 11 is 1.32. The fraction of sp³-hybridized carbons (Fsp3) is 0.571. The third-order valence-electron chi connectivity index (χ3n) is 6.21. The molecular weight excluding hydrogens is 438 g/mol. The molecule has 3 atom stereocenters. The number of carbonyl (C=O) groups is 2. The van der Waals surface area contributed by atoms with Crippen molar-refractivity contribution in [1.29, 1.82) is 0 Å². The first kappa shape index (κ1) is 22.3. The Bertz CT molecular complexity index is 1010. The van der Waals surface area contributed by atoms with E-state index in [1.807, 2.05) is 0 Å². The SMILES string of the molecule is CNC(=O)C12CC1N=C(NC(=O)C(CC1CCOCC1)c1ccc(S(C)(=O)=O)cc1)S2.[HH].[HH].